The van der Waals surface area contributed by atoms with Gasteiger partial charge in [0, 0.05) is 0 Å². The van der Waals surface area contributed by atoms with Crippen molar-refractivity contribution in [3.63, 3.8) is 0 Å². The van der Waals surface area contributed by atoms with Gasteiger partial charge in [0.05, 0.1) is 5.92 Å². The minimum absolute atomic E-state index is 0.325. The summed E-state index contributed by atoms with van der Waals surface area (Å²) in [6, 6.07) is 3.97. The fourth-order valence-corrected chi connectivity index (χ4v) is 3.79. The van der Waals surface area contributed by atoms with E-state index in [0.29, 0.717) is 12.2 Å². The fraction of sp³-hybridized carbons (Fsp3) is 0.708. The van der Waals surface area contributed by atoms with Crippen LogP contribution in [0.25, 0.3) is 0 Å². The van der Waals surface area contributed by atoms with Crippen LogP contribution in [0.3, 0.4) is 0 Å². The summed E-state index contributed by atoms with van der Waals surface area (Å²) in [6.07, 6.45) is 14.1. The second kappa shape index (κ2) is 13.6. The lowest BCUT2D eigenvalue weighted by Crippen LogP contribution is -2.16. The highest BCUT2D eigenvalue weighted by molar-refractivity contribution is 5.70. The number of aromatic hydroxyl groups is 1. The first-order valence-corrected chi connectivity index (χ1v) is 11.1. The lowest BCUT2D eigenvalue weighted by molar-refractivity contribution is -0.142. The molecule has 27 heavy (non-hydrogen) atoms. The van der Waals surface area contributed by atoms with E-state index in [-0.39, 0.29) is 5.92 Å². The van der Waals surface area contributed by atoms with E-state index in [0.717, 1.165) is 48.8 Å². The average molecular weight is 377 g/mol. The van der Waals surface area contributed by atoms with Gasteiger partial charge in [-0.05, 0) is 42.4 Å². The molecular formula is C24H40O3. The molecule has 0 aromatic heterocycles. The summed E-state index contributed by atoms with van der Waals surface area (Å²) in [6.45, 7) is 6.29. The van der Waals surface area contributed by atoms with Crippen LogP contribution in [0.2, 0.25) is 0 Å². The van der Waals surface area contributed by atoms with E-state index >= 15 is 0 Å². The Morgan fingerprint density at radius 2 is 1.33 bits per heavy atom. The Morgan fingerprint density at radius 3 is 1.78 bits per heavy atom. The van der Waals surface area contributed by atoms with E-state index < -0.39 is 5.97 Å². The lowest BCUT2D eigenvalue weighted by atomic mass is 9.90. The molecule has 1 aromatic rings. The number of carbonyl (C=O) groups is 1. The number of phenolic OH excluding ortho intramolecular Hbond substituents is 1. The number of benzene rings is 1. The molecule has 0 aliphatic rings. The molecule has 0 heterocycles. The number of carboxylic acids is 1. The van der Waals surface area contributed by atoms with Crippen LogP contribution in [0, 0.1) is 5.92 Å². The van der Waals surface area contributed by atoms with Crippen molar-refractivity contribution in [3.8, 4) is 5.75 Å². The van der Waals surface area contributed by atoms with Crippen molar-refractivity contribution in [1.82, 2.24) is 0 Å². The maximum absolute atomic E-state index is 11.7. The van der Waals surface area contributed by atoms with E-state index in [2.05, 4.69) is 6.92 Å². The van der Waals surface area contributed by atoms with Crippen molar-refractivity contribution < 1.29 is 15.0 Å². The van der Waals surface area contributed by atoms with Gasteiger partial charge in [-0.3, -0.25) is 4.79 Å². The molecule has 0 spiro atoms. The van der Waals surface area contributed by atoms with E-state index in [1.54, 1.807) is 0 Å². The molecule has 0 amide bonds. The first-order chi connectivity index (χ1) is 13.0. The Balaban J connectivity index is 2.45. The summed E-state index contributed by atoms with van der Waals surface area (Å²) < 4.78 is 0. The van der Waals surface area contributed by atoms with Gasteiger partial charge in [-0.2, -0.15) is 0 Å². The van der Waals surface area contributed by atoms with Crippen molar-refractivity contribution in [3.05, 3.63) is 28.8 Å². The third-order valence-corrected chi connectivity index (χ3v) is 5.58. The van der Waals surface area contributed by atoms with Crippen LogP contribution in [0.5, 0.6) is 5.75 Å². The van der Waals surface area contributed by atoms with Gasteiger partial charge in [-0.25, -0.2) is 0 Å². The van der Waals surface area contributed by atoms with Crippen molar-refractivity contribution in [1.29, 1.82) is 0 Å². The number of aryl methyl sites for hydroxylation is 2. The molecule has 0 saturated heterocycles. The van der Waals surface area contributed by atoms with Crippen LogP contribution in [0.15, 0.2) is 12.1 Å². The van der Waals surface area contributed by atoms with E-state index in [1.165, 1.54) is 44.9 Å². The predicted molar refractivity (Wildman–Crippen MR) is 114 cm³/mol. The summed E-state index contributed by atoms with van der Waals surface area (Å²) in [4.78, 5) is 11.7. The number of carboxylic acid groups (broad SMARTS) is 1. The SMILES string of the molecule is CCCCCCCCCCCC(Cc1cc(CC)c(O)c(CC)c1)C(=O)O. The van der Waals surface area contributed by atoms with Crippen molar-refractivity contribution in [2.75, 3.05) is 0 Å². The summed E-state index contributed by atoms with van der Waals surface area (Å²) >= 11 is 0. The average Bonchev–Trinajstić information content (AvgIpc) is 2.66. The lowest BCUT2D eigenvalue weighted by Gasteiger charge is -2.15. The molecule has 0 aliphatic carbocycles. The third kappa shape index (κ3) is 8.81. The molecule has 0 fully saturated rings. The predicted octanol–water partition coefficient (Wildman–Crippen LogP) is 6.68. The third-order valence-electron chi connectivity index (χ3n) is 5.58. The molecule has 1 atom stereocenters. The van der Waals surface area contributed by atoms with Crippen LogP contribution >= 0.6 is 0 Å². The van der Waals surface area contributed by atoms with E-state index in [1.807, 2.05) is 26.0 Å². The molecule has 0 bridgehead atoms. The Kier molecular flexibility index (Phi) is 11.9. The van der Waals surface area contributed by atoms with Gasteiger partial charge in [-0.1, -0.05) is 90.7 Å². The topological polar surface area (TPSA) is 57.5 Å². The molecule has 0 saturated carbocycles. The van der Waals surface area contributed by atoms with E-state index in [4.69, 9.17) is 0 Å². The zero-order valence-corrected chi connectivity index (χ0v) is 17.7. The highest BCUT2D eigenvalue weighted by atomic mass is 16.4. The van der Waals surface area contributed by atoms with Crippen molar-refractivity contribution >= 4 is 5.97 Å². The second-order valence-corrected chi connectivity index (χ2v) is 7.83. The molecule has 2 N–H and O–H groups in total. The summed E-state index contributed by atoms with van der Waals surface area (Å²) in [5.74, 6) is -0.637. The summed E-state index contributed by atoms with van der Waals surface area (Å²) in [5, 5.41) is 19.8. The van der Waals surface area contributed by atoms with Gasteiger partial charge in [0.2, 0.25) is 0 Å². The first kappa shape index (κ1) is 23.5. The van der Waals surface area contributed by atoms with E-state index in [9.17, 15) is 15.0 Å². The number of aliphatic carboxylic acids is 1. The second-order valence-electron chi connectivity index (χ2n) is 7.83. The first-order valence-electron chi connectivity index (χ1n) is 11.1. The maximum Gasteiger partial charge on any atom is 0.306 e. The molecule has 154 valence electrons. The molecule has 1 aromatic carbocycles. The zero-order valence-electron chi connectivity index (χ0n) is 17.7. The minimum Gasteiger partial charge on any atom is -0.507 e. The largest absolute Gasteiger partial charge is 0.507 e. The van der Waals surface area contributed by atoms with Crippen molar-refractivity contribution in [2.24, 2.45) is 5.92 Å². The van der Waals surface area contributed by atoms with Gasteiger partial charge in [0.15, 0.2) is 0 Å². The summed E-state index contributed by atoms with van der Waals surface area (Å²) in [7, 11) is 0. The Bertz CT molecular complexity index is 526. The number of unbranched alkanes of at least 4 members (excludes halogenated alkanes) is 8. The van der Waals surface area contributed by atoms with Crippen LogP contribution in [-0.4, -0.2) is 16.2 Å². The number of hydrogen-bond donors (Lipinski definition) is 2. The number of rotatable bonds is 15. The number of hydrogen-bond acceptors (Lipinski definition) is 2. The standard InChI is InChI=1S/C24H40O3/c1-4-7-8-9-10-11-12-13-14-15-22(24(26)27)18-19-16-20(5-2)23(25)21(6-3)17-19/h16-17,22,25H,4-15,18H2,1-3H3,(H,26,27). The smallest absolute Gasteiger partial charge is 0.306 e. The summed E-state index contributed by atoms with van der Waals surface area (Å²) in [5.41, 5.74) is 2.90. The Labute approximate surface area is 166 Å². The van der Waals surface area contributed by atoms with Crippen molar-refractivity contribution in [2.45, 2.75) is 104 Å². The molecule has 1 unspecified atom stereocenters. The van der Waals surface area contributed by atoms with Crippen LogP contribution in [-0.2, 0) is 24.1 Å². The monoisotopic (exact) mass is 376 g/mol. The molecule has 3 heteroatoms. The Morgan fingerprint density at radius 1 is 0.852 bits per heavy atom. The van der Waals surface area contributed by atoms with Gasteiger partial charge >= 0.3 is 5.97 Å². The van der Waals surface area contributed by atoms with Crippen LogP contribution < -0.4 is 0 Å². The zero-order chi connectivity index (χ0) is 20.1. The Hall–Kier alpha value is -1.51. The molecule has 3 nitrogen and oxygen atoms in total. The normalized spacial score (nSPS) is 12.3. The van der Waals surface area contributed by atoms with Gasteiger partial charge in [-0.15, -0.1) is 0 Å². The highest BCUT2D eigenvalue weighted by Gasteiger charge is 2.19. The fourth-order valence-electron chi connectivity index (χ4n) is 3.79. The highest BCUT2D eigenvalue weighted by Crippen LogP contribution is 2.28. The molecular weight excluding hydrogens is 336 g/mol. The van der Waals surface area contributed by atoms with Gasteiger partial charge < -0.3 is 10.2 Å². The minimum atomic E-state index is -0.696. The van der Waals surface area contributed by atoms with Gasteiger partial charge in [0.1, 0.15) is 5.75 Å². The quantitative estimate of drug-likeness (QED) is 0.336. The number of phenols is 1. The maximum atomic E-state index is 11.7. The van der Waals surface area contributed by atoms with Crippen LogP contribution in [0.1, 0.15) is 102 Å². The van der Waals surface area contributed by atoms with Gasteiger partial charge in [0.25, 0.3) is 0 Å². The molecule has 0 radical (unpaired) electrons. The molecule has 1 rings (SSSR count). The van der Waals surface area contributed by atoms with Crippen LogP contribution in [0.4, 0.5) is 0 Å². The molecule has 0 aliphatic heterocycles.